The molecule has 126 valence electrons. The van der Waals surface area contributed by atoms with Crippen LogP contribution in [0.1, 0.15) is 26.3 Å². The molecular weight excluding hydrogens is 349 g/mol. The highest BCUT2D eigenvalue weighted by Gasteiger charge is 2.22. The van der Waals surface area contributed by atoms with Gasteiger partial charge in [-0.25, -0.2) is 0 Å². The number of nitrogens with two attached hydrogens (primary N) is 1. The Hall–Kier alpha value is -0.810. The highest BCUT2D eigenvalue weighted by atomic mass is 35.5. The lowest BCUT2D eigenvalue weighted by Gasteiger charge is -2.22. The summed E-state index contributed by atoms with van der Waals surface area (Å²) in [7, 11) is 0. The Morgan fingerprint density at radius 1 is 1.23 bits per heavy atom. The van der Waals surface area contributed by atoms with E-state index >= 15 is 0 Å². The molecule has 0 bridgehead atoms. The van der Waals surface area contributed by atoms with Crippen molar-refractivity contribution in [3.05, 3.63) is 35.9 Å². The summed E-state index contributed by atoms with van der Waals surface area (Å²) >= 11 is 9.55. The first-order chi connectivity index (χ1) is 9.65. The second-order valence-corrected chi connectivity index (χ2v) is 6.01. The number of benzene rings is 1. The van der Waals surface area contributed by atoms with Gasteiger partial charge in [-0.1, -0.05) is 30.3 Å². The molecule has 0 unspecified atom stereocenters. The smallest absolute Gasteiger partial charge is 0.323 e. The molecule has 0 aromatic heterocycles. The van der Waals surface area contributed by atoms with E-state index in [1.807, 2.05) is 51.1 Å². The zero-order valence-corrected chi connectivity index (χ0v) is 15.2. The van der Waals surface area contributed by atoms with Gasteiger partial charge < -0.3 is 10.5 Å². The minimum Gasteiger partial charge on any atom is -0.459 e. The molecule has 0 amide bonds. The third-order valence-corrected chi connectivity index (χ3v) is 2.63. The van der Waals surface area contributed by atoms with Gasteiger partial charge in [-0.2, -0.15) is 0 Å². The van der Waals surface area contributed by atoms with Crippen molar-refractivity contribution < 1.29 is 14.3 Å². The number of esters is 1. The molecule has 0 saturated carbocycles. The van der Waals surface area contributed by atoms with Crippen LogP contribution in [0, 0.1) is 0 Å². The van der Waals surface area contributed by atoms with E-state index in [-0.39, 0.29) is 24.3 Å². The minimum absolute atomic E-state index is 0. The molecule has 7 heteroatoms. The molecule has 4 nitrogen and oxygen atoms in total. The van der Waals surface area contributed by atoms with Crippen LogP contribution in [0.2, 0.25) is 0 Å². The zero-order chi connectivity index (χ0) is 16.5. The molecule has 22 heavy (non-hydrogen) atoms. The molecular formula is C15H22Cl3NO3. The number of carbonyl (C=O) groups excluding carboxylic acids is 2. The van der Waals surface area contributed by atoms with Crippen LogP contribution in [0.3, 0.4) is 0 Å². The van der Waals surface area contributed by atoms with Crippen molar-refractivity contribution in [3.8, 4) is 0 Å². The molecule has 1 rings (SSSR count). The van der Waals surface area contributed by atoms with Crippen LogP contribution in [0.15, 0.2) is 30.3 Å². The molecule has 1 aromatic rings. The van der Waals surface area contributed by atoms with Crippen LogP contribution in [0.5, 0.6) is 0 Å². The molecule has 0 radical (unpaired) electrons. The average molecular weight is 371 g/mol. The van der Waals surface area contributed by atoms with Gasteiger partial charge in [0, 0.05) is 0 Å². The number of halogens is 3. The molecule has 0 aliphatic heterocycles. The quantitative estimate of drug-likeness (QED) is 0.501. The van der Waals surface area contributed by atoms with Gasteiger partial charge in [0.15, 0.2) is 0 Å². The van der Waals surface area contributed by atoms with Gasteiger partial charge in [-0.15, -0.1) is 24.0 Å². The lowest BCUT2D eigenvalue weighted by Crippen LogP contribution is -2.38. The number of ether oxygens (including phenoxy) is 1. The summed E-state index contributed by atoms with van der Waals surface area (Å²) in [6.07, 6.45) is 0.510. The van der Waals surface area contributed by atoms with Crippen LogP contribution in [-0.2, 0) is 20.7 Å². The molecule has 0 saturated heterocycles. The Kier molecular flexibility index (Phi) is 12.5. The Bertz CT molecular complexity index is 447. The van der Waals surface area contributed by atoms with E-state index in [1.165, 1.54) is 0 Å². The van der Waals surface area contributed by atoms with Crippen molar-refractivity contribution in [2.24, 2.45) is 5.73 Å². The largest absolute Gasteiger partial charge is 0.459 e. The maximum Gasteiger partial charge on any atom is 0.323 e. The van der Waals surface area contributed by atoms with Crippen molar-refractivity contribution in [3.63, 3.8) is 0 Å². The lowest BCUT2D eigenvalue weighted by atomic mass is 10.1. The van der Waals surface area contributed by atoms with E-state index < -0.39 is 16.9 Å². The third kappa shape index (κ3) is 12.9. The summed E-state index contributed by atoms with van der Waals surface area (Å²) in [5, 5.41) is -0.508. The molecule has 0 heterocycles. The molecule has 1 aromatic carbocycles. The lowest BCUT2D eigenvalue weighted by molar-refractivity contribution is -0.156. The number of rotatable bonds is 4. The molecule has 1 atom stereocenters. The first-order valence-electron chi connectivity index (χ1n) is 6.42. The molecule has 0 spiro atoms. The minimum atomic E-state index is -0.596. The third-order valence-electron chi connectivity index (χ3n) is 2.11. The van der Waals surface area contributed by atoms with E-state index in [0.717, 1.165) is 5.56 Å². The summed E-state index contributed by atoms with van der Waals surface area (Å²) in [4.78, 5) is 21.1. The van der Waals surface area contributed by atoms with E-state index in [4.69, 9.17) is 33.7 Å². The van der Waals surface area contributed by atoms with Gasteiger partial charge in [0.25, 0.3) is 0 Å². The second kappa shape index (κ2) is 11.7. The van der Waals surface area contributed by atoms with E-state index in [9.17, 15) is 9.59 Å². The van der Waals surface area contributed by atoms with Crippen molar-refractivity contribution in [2.75, 3.05) is 5.88 Å². The number of carbonyl (C=O) groups is 2. The normalized spacial score (nSPS) is 11.4. The monoisotopic (exact) mass is 369 g/mol. The van der Waals surface area contributed by atoms with E-state index in [1.54, 1.807) is 0 Å². The standard InChI is InChI=1S/C13H19NO2.C2H2Cl2O.ClH/c1-13(2,3)16-12(15)11(14)9-10-7-5-4-6-8-10;3-1-2(4)5;/h4-8,11H,9,14H2,1-3H3;1H2;1H/t11-;;/m1../s1. The maximum absolute atomic E-state index is 11.6. The van der Waals surface area contributed by atoms with Gasteiger partial charge in [-0.3, -0.25) is 9.59 Å². The van der Waals surface area contributed by atoms with Crippen LogP contribution < -0.4 is 5.73 Å². The van der Waals surface area contributed by atoms with Crippen LogP contribution in [0.4, 0.5) is 0 Å². The molecule has 0 aliphatic rings. The first kappa shape index (κ1) is 23.5. The number of hydrogen-bond acceptors (Lipinski definition) is 4. The predicted molar refractivity (Wildman–Crippen MR) is 92.8 cm³/mol. The summed E-state index contributed by atoms with van der Waals surface area (Å²) in [5.41, 5.74) is 6.34. The number of alkyl halides is 1. The van der Waals surface area contributed by atoms with Crippen molar-refractivity contribution in [2.45, 2.75) is 38.8 Å². The summed E-state index contributed by atoms with van der Waals surface area (Å²) in [6.45, 7) is 5.50. The summed E-state index contributed by atoms with van der Waals surface area (Å²) in [6, 6.07) is 9.09. The Morgan fingerprint density at radius 2 is 1.68 bits per heavy atom. The van der Waals surface area contributed by atoms with Crippen molar-refractivity contribution in [1.82, 2.24) is 0 Å². The van der Waals surface area contributed by atoms with Gasteiger partial charge >= 0.3 is 5.97 Å². The second-order valence-electron chi connectivity index (χ2n) is 5.32. The molecule has 0 aliphatic carbocycles. The SMILES string of the molecule is CC(C)(C)OC(=O)[C@H](N)Cc1ccccc1.Cl.O=C(Cl)CCl. The number of hydrogen-bond donors (Lipinski definition) is 1. The summed E-state index contributed by atoms with van der Waals surface area (Å²) < 4.78 is 5.21. The van der Waals surface area contributed by atoms with Crippen molar-refractivity contribution >= 4 is 46.8 Å². The zero-order valence-electron chi connectivity index (χ0n) is 12.8. The highest BCUT2D eigenvalue weighted by Crippen LogP contribution is 2.10. The average Bonchev–Trinajstić information content (AvgIpc) is 2.38. The highest BCUT2D eigenvalue weighted by molar-refractivity contribution is 6.67. The Morgan fingerprint density at radius 3 is 2.05 bits per heavy atom. The summed E-state index contributed by atoms with van der Waals surface area (Å²) in [5.74, 6) is -0.446. The van der Waals surface area contributed by atoms with Gasteiger partial charge in [0.05, 0.1) is 5.88 Å². The Labute approximate surface area is 147 Å². The van der Waals surface area contributed by atoms with Gasteiger partial charge in [0.1, 0.15) is 11.6 Å². The fraction of sp³-hybridized carbons (Fsp3) is 0.467. The van der Waals surface area contributed by atoms with Crippen LogP contribution in [0.25, 0.3) is 0 Å². The van der Waals surface area contributed by atoms with E-state index in [2.05, 4.69) is 0 Å². The topological polar surface area (TPSA) is 69.4 Å². The first-order valence-corrected chi connectivity index (χ1v) is 7.33. The van der Waals surface area contributed by atoms with Crippen LogP contribution in [-0.4, -0.2) is 28.7 Å². The maximum atomic E-state index is 11.6. The van der Waals surface area contributed by atoms with E-state index in [0.29, 0.717) is 6.42 Å². The fourth-order valence-electron chi connectivity index (χ4n) is 1.33. The predicted octanol–water partition coefficient (Wildman–Crippen LogP) is 3.31. The Balaban J connectivity index is 0. The molecule has 2 N–H and O–H groups in total. The fourth-order valence-corrected chi connectivity index (χ4v) is 1.33. The van der Waals surface area contributed by atoms with Gasteiger partial charge in [-0.05, 0) is 44.4 Å². The van der Waals surface area contributed by atoms with Crippen molar-refractivity contribution in [1.29, 1.82) is 0 Å². The molecule has 0 fully saturated rings. The van der Waals surface area contributed by atoms with Gasteiger partial charge in [0.2, 0.25) is 5.24 Å². The van der Waals surface area contributed by atoms with Crippen LogP contribution >= 0.6 is 35.6 Å².